The standard InChI is InChI=1S/C14H14FN3O3/c1-8-5-13(11(15)6-12(8)18(19)20)21-14-4-3-10(7-17-14)9(2)16/h3-7,9H,16H2,1-2H3. The maximum absolute atomic E-state index is 13.8. The van der Waals surface area contributed by atoms with Crippen LogP contribution < -0.4 is 10.5 Å². The molecule has 21 heavy (non-hydrogen) atoms. The Morgan fingerprint density at radius 2 is 2.14 bits per heavy atom. The SMILES string of the molecule is Cc1cc(Oc2ccc(C(C)N)cn2)c(F)cc1[N+](=O)[O-]. The van der Waals surface area contributed by atoms with Crippen LogP contribution in [0.15, 0.2) is 30.5 Å². The van der Waals surface area contributed by atoms with Gasteiger partial charge in [0.1, 0.15) is 0 Å². The van der Waals surface area contributed by atoms with Crippen molar-refractivity contribution in [2.75, 3.05) is 0 Å². The summed E-state index contributed by atoms with van der Waals surface area (Å²) in [4.78, 5) is 14.1. The number of hydrogen-bond acceptors (Lipinski definition) is 5. The highest BCUT2D eigenvalue weighted by Gasteiger charge is 2.17. The summed E-state index contributed by atoms with van der Waals surface area (Å²) in [6.07, 6.45) is 1.54. The highest BCUT2D eigenvalue weighted by molar-refractivity contribution is 5.46. The zero-order valence-corrected chi connectivity index (χ0v) is 11.5. The van der Waals surface area contributed by atoms with Crippen molar-refractivity contribution < 1.29 is 14.1 Å². The lowest BCUT2D eigenvalue weighted by Crippen LogP contribution is -2.05. The molecule has 1 heterocycles. The molecular formula is C14H14FN3O3. The quantitative estimate of drug-likeness (QED) is 0.689. The minimum Gasteiger partial charge on any atom is -0.436 e. The van der Waals surface area contributed by atoms with Crippen LogP contribution in [0.1, 0.15) is 24.1 Å². The predicted molar refractivity (Wildman–Crippen MR) is 74.7 cm³/mol. The number of aromatic nitrogens is 1. The molecular weight excluding hydrogens is 277 g/mol. The van der Waals surface area contributed by atoms with Crippen molar-refractivity contribution in [1.82, 2.24) is 4.98 Å². The molecule has 0 radical (unpaired) electrons. The van der Waals surface area contributed by atoms with Gasteiger partial charge in [0.25, 0.3) is 5.69 Å². The van der Waals surface area contributed by atoms with E-state index in [1.54, 1.807) is 12.1 Å². The van der Waals surface area contributed by atoms with E-state index in [4.69, 9.17) is 10.5 Å². The third-order valence-corrected chi connectivity index (χ3v) is 2.95. The lowest BCUT2D eigenvalue weighted by molar-refractivity contribution is -0.385. The first kappa shape index (κ1) is 14.9. The van der Waals surface area contributed by atoms with Gasteiger partial charge in [0, 0.05) is 23.9 Å². The van der Waals surface area contributed by atoms with E-state index < -0.39 is 10.7 Å². The van der Waals surface area contributed by atoms with Gasteiger partial charge < -0.3 is 10.5 Å². The Labute approximate surface area is 120 Å². The topological polar surface area (TPSA) is 91.3 Å². The number of rotatable bonds is 4. The molecule has 2 rings (SSSR count). The lowest BCUT2D eigenvalue weighted by atomic mass is 10.1. The van der Waals surface area contributed by atoms with E-state index in [9.17, 15) is 14.5 Å². The Hall–Kier alpha value is -2.54. The van der Waals surface area contributed by atoms with Crippen LogP contribution in [0.3, 0.4) is 0 Å². The molecule has 0 fully saturated rings. The van der Waals surface area contributed by atoms with E-state index in [0.29, 0.717) is 5.56 Å². The largest absolute Gasteiger partial charge is 0.436 e. The molecule has 0 aliphatic heterocycles. The van der Waals surface area contributed by atoms with Gasteiger partial charge in [-0.3, -0.25) is 10.1 Å². The molecule has 0 saturated heterocycles. The number of hydrogen-bond donors (Lipinski definition) is 1. The highest BCUT2D eigenvalue weighted by Crippen LogP contribution is 2.29. The van der Waals surface area contributed by atoms with Crippen LogP contribution in [-0.2, 0) is 0 Å². The van der Waals surface area contributed by atoms with Crippen LogP contribution in [-0.4, -0.2) is 9.91 Å². The molecule has 0 aliphatic carbocycles. The predicted octanol–water partition coefficient (Wildman–Crippen LogP) is 3.25. The second kappa shape index (κ2) is 5.84. The molecule has 1 atom stereocenters. The van der Waals surface area contributed by atoms with Crippen LogP contribution in [0.25, 0.3) is 0 Å². The summed E-state index contributed by atoms with van der Waals surface area (Å²) in [7, 11) is 0. The van der Waals surface area contributed by atoms with Crippen molar-refractivity contribution >= 4 is 5.69 Å². The first-order valence-corrected chi connectivity index (χ1v) is 6.22. The number of benzene rings is 1. The number of nitro benzene ring substituents is 1. The van der Waals surface area contributed by atoms with Gasteiger partial charge in [0.15, 0.2) is 11.6 Å². The Bertz CT molecular complexity index is 672. The third-order valence-electron chi connectivity index (χ3n) is 2.95. The summed E-state index contributed by atoms with van der Waals surface area (Å²) < 4.78 is 19.1. The van der Waals surface area contributed by atoms with Crippen LogP contribution >= 0.6 is 0 Å². The Kier molecular flexibility index (Phi) is 4.13. The van der Waals surface area contributed by atoms with Crippen LogP contribution in [0.4, 0.5) is 10.1 Å². The fourth-order valence-electron chi connectivity index (χ4n) is 1.75. The molecule has 7 heteroatoms. The van der Waals surface area contributed by atoms with Gasteiger partial charge in [-0.2, -0.15) is 0 Å². The zero-order chi connectivity index (χ0) is 15.6. The van der Waals surface area contributed by atoms with Gasteiger partial charge in [-0.15, -0.1) is 0 Å². The number of nitro groups is 1. The minimum atomic E-state index is -0.814. The van der Waals surface area contributed by atoms with Gasteiger partial charge in [-0.05, 0) is 25.5 Å². The second-order valence-electron chi connectivity index (χ2n) is 4.65. The van der Waals surface area contributed by atoms with E-state index in [2.05, 4.69) is 4.98 Å². The summed E-state index contributed by atoms with van der Waals surface area (Å²) in [6, 6.07) is 5.23. The normalized spacial score (nSPS) is 12.0. The van der Waals surface area contributed by atoms with Gasteiger partial charge in [-0.1, -0.05) is 6.07 Å². The van der Waals surface area contributed by atoms with E-state index in [1.807, 2.05) is 6.92 Å². The molecule has 0 amide bonds. The molecule has 0 spiro atoms. The van der Waals surface area contributed by atoms with E-state index >= 15 is 0 Å². The number of pyridine rings is 1. The van der Waals surface area contributed by atoms with Crippen molar-refractivity contribution in [3.8, 4) is 11.6 Å². The smallest absolute Gasteiger partial charge is 0.275 e. The van der Waals surface area contributed by atoms with Crippen molar-refractivity contribution in [2.24, 2.45) is 5.73 Å². The monoisotopic (exact) mass is 291 g/mol. The molecule has 0 saturated carbocycles. The van der Waals surface area contributed by atoms with Gasteiger partial charge >= 0.3 is 0 Å². The first-order valence-electron chi connectivity index (χ1n) is 6.22. The van der Waals surface area contributed by atoms with Crippen LogP contribution in [0.5, 0.6) is 11.6 Å². The summed E-state index contributed by atoms with van der Waals surface area (Å²) in [5, 5.41) is 10.7. The summed E-state index contributed by atoms with van der Waals surface area (Å²) in [5.74, 6) is -0.740. The molecule has 2 aromatic rings. The lowest BCUT2D eigenvalue weighted by Gasteiger charge is -2.09. The Morgan fingerprint density at radius 3 is 2.67 bits per heavy atom. The molecule has 0 bridgehead atoms. The average molecular weight is 291 g/mol. The number of halogens is 1. The molecule has 1 aromatic heterocycles. The van der Waals surface area contributed by atoms with Crippen molar-refractivity contribution in [1.29, 1.82) is 0 Å². The van der Waals surface area contributed by atoms with Gasteiger partial charge in [0.05, 0.1) is 11.0 Å². The summed E-state index contributed by atoms with van der Waals surface area (Å²) in [6.45, 7) is 3.33. The van der Waals surface area contributed by atoms with Crippen molar-refractivity contribution in [3.05, 3.63) is 57.5 Å². The molecule has 110 valence electrons. The summed E-state index contributed by atoms with van der Waals surface area (Å²) >= 11 is 0. The zero-order valence-electron chi connectivity index (χ0n) is 11.5. The molecule has 0 aliphatic rings. The van der Waals surface area contributed by atoms with Gasteiger partial charge in [-0.25, -0.2) is 9.37 Å². The Morgan fingerprint density at radius 1 is 1.43 bits per heavy atom. The second-order valence-corrected chi connectivity index (χ2v) is 4.65. The number of aryl methyl sites for hydroxylation is 1. The highest BCUT2D eigenvalue weighted by atomic mass is 19.1. The molecule has 6 nitrogen and oxygen atoms in total. The molecule has 1 aromatic carbocycles. The van der Waals surface area contributed by atoms with Crippen LogP contribution in [0.2, 0.25) is 0 Å². The number of nitrogens with zero attached hydrogens (tertiary/aromatic N) is 2. The third kappa shape index (κ3) is 3.32. The summed E-state index contributed by atoms with van der Waals surface area (Å²) in [5.41, 5.74) is 6.54. The maximum Gasteiger partial charge on any atom is 0.275 e. The van der Waals surface area contributed by atoms with E-state index in [-0.39, 0.29) is 23.4 Å². The Balaban J connectivity index is 2.27. The van der Waals surface area contributed by atoms with Crippen molar-refractivity contribution in [3.63, 3.8) is 0 Å². The molecule has 2 N–H and O–H groups in total. The van der Waals surface area contributed by atoms with Crippen LogP contribution in [0, 0.1) is 22.9 Å². The number of nitrogens with two attached hydrogens (primary N) is 1. The fraction of sp³-hybridized carbons (Fsp3) is 0.214. The van der Waals surface area contributed by atoms with Crippen molar-refractivity contribution in [2.45, 2.75) is 19.9 Å². The van der Waals surface area contributed by atoms with E-state index in [0.717, 1.165) is 11.6 Å². The minimum absolute atomic E-state index is 0.112. The average Bonchev–Trinajstić information content (AvgIpc) is 2.42. The number of ether oxygens (including phenoxy) is 1. The fourth-order valence-corrected chi connectivity index (χ4v) is 1.75. The molecule has 1 unspecified atom stereocenters. The first-order chi connectivity index (χ1) is 9.88. The maximum atomic E-state index is 13.8. The van der Waals surface area contributed by atoms with Gasteiger partial charge in [0.2, 0.25) is 5.88 Å². The van der Waals surface area contributed by atoms with E-state index in [1.165, 1.54) is 19.2 Å².